The lowest BCUT2D eigenvalue weighted by Crippen LogP contribution is -2.35. The lowest BCUT2D eigenvalue weighted by molar-refractivity contribution is -0.139. The molecule has 0 aromatic rings. The van der Waals surface area contributed by atoms with E-state index in [0.29, 0.717) is 6.42 Å². The second kappa shape index (κ2) is 3.71. The van der Waals surface area contributed by atoms with Gasteiger partial charge in [-0.2, -0.15) is 0 Å². The highest BCUT2D eigenvalue weighted by molar-refractivity contribution is 6.04. The molecule has 1 unspecified atom stereocenters. The average molecular weight is 194 g/mol. The van der Waals surface area contributed by atoms with Crippen molar-refractivity contribution in [1.82, 2.24) is 4.90 Å². The molecule has 1 aliphatic carbocycles. The van der Waals surface area contributed by atoms with Crippen LogP contribution in [0.25, 0.3) is 0 Å². The number of rotatable bonds is 1. The summed E-state index contributed by atoms with van der Waals surface area (Å²) in [7, 11) is 0. The van der Waals surface area contributed by atoms with Crippen molar-refractivity contribution < 1.29 is 9.59 Å². The van der Waals surface area contributed by atoms with E-state index in [1.807, 2.05) is 6.92 Å². The zero-order valence-electron chi connectivity index (χ0n) is 8.58. The normalized spacial score (nSPS) is 30.1. The summed E-state index contributed by atoms with van der Waals surface area (Å²) in [6.07, 6.45) is 5.76. The molecular weight excluding hydrogens is 178 g/mol. The summed E-state index contributed by atoms with van der Waals surface area (Å²) in [6.45, 7) is 1.84. The van der Waals surface area contributed by atoms with Crippen LogP contribution in [0.3, 0.4) is 0 Å². The van der Waals surface area contributed by atoms with Crippen molar-refractivity contribution in [2.24, 2.45) is 5.92 Å². The standard InChI is InChI=1S/C11H16NO2/c1-8-7-10(13)12(11(8)14)9-5-3-2-4-6-9/h8H,2-7H2,1H3. The highest BCUT2D eigenvalue weighted by atomic mass is 16.2. The molecule has 0 bridgehead atoms. The molecule has 0 spiro atoms. The first kappa shape index (κ1) is 9.69. The number of carbonyl (C=O) groups excluding carboxylic acids is 2. The van der Waals surface area contributed by atoms with Crippen molar-refractivity contribution in [2.75, 3.05) is 0 Å². The van der Waals surface area contributed by atoms with Crippen LogP contribution in [-0.4, -0.2) is 16.7 Å². The van der Waals surface area contributed by atoms with Crippen LogP contribution in [0, 0.1) is 12.0 Å². The lowest BCUT2D eigenvalue weighted by atomic mass is 9.94. The van der Waals surface area contributed by atoms with E-state index in [0.717, 1.165) is 31.7 Å². The van der Waals surface area contributed by atoms with Crippen molar-refractivity contribution >= 4 is 11.8 Å². The molecule has 77 valence electrons. The fourth-order valence-electron chi connectivity index (χ4n) is 2.30. The van der Waals surface area contributed by atoms with Gasteiger partial charge in [-0.05, 0) is 12.8 Å². The monoisotopic (exact) mass is 194 g/mol. The minimum atomic E-state index is -0.100. The van der Waals surface area contributed by atoms with Crippen molar-refractivity contribution in [3.63, 3.8) is 0 Å². The van der Waals surface area contributed by atoms with Crippen LogP contribution in [0.5, 0.6) is 0 Å². The molecule has 1 heterocycles. The van der Waals surface area contributed by atoms with Gasteiger partial charge in [0.05, 0.1) is 6.04 Å². The van der Waals surface area contributed by atoms with E-state index < -0.39 is 0 Å². The molecule has 14 heavy (non-hydrogen) atoms. The van der Waals surface area contributed by atoms with Crippen molar-refractivity contribution in [2.45, 2.75) is 45.4 Å². The minimum absolute atomic E-state index is 0.0133. The first-order chi connectivity index (χ1) is 6.70. The summed E-state index contributed by atoms with van der Waals surface area (Å²) in [5.74, 6) is -0.0665. The number of likely N-dealkylation sites (tertiary alicyclic amines) is 1. The van der Waals surface area contributed by atoms with Crippen LogP contribution in [0.1, 0.15) is 45.4 Å². The van der Waals surface area contributed by atoms with Gasteiger partial charge in [-0.1, -0.05) is 26.2 Å². The second-order valence-electron chi connectivity index (χ2n) is 4.30. The van der Waals surface area contributed by atoms with Gasteiger partial charge in [0.15, 0.2) is 0 Å². The number of imide groups is 1. The van der Waals surface area contributed by atoms with Crippen LogP contribution in [0.4, 0.5) is 0 Å². The molecule has 0 N–H and O–H groups in total. The van der Waals surface area contributed by atoms with Crippen LogP contribution in [0.2, 0.25) is 0 Å². The second-order valence-corrected chi connectivity index (χ2v) is 4.30. The van der Waals surface area contributed by atoms with E-state index in [2.05, 4.69) is 0 Å². The molecule has 3 nitrogen and oxygen atoms in total. The predicted molar refractivity (Wildman–Crippen MR) is 52.0 cm³/mol. The van der Waals surface area contributed by atoms with Crippen molar-refractivity contribution in [3.8, 4) is 0 Å². The Bertz CT molecular complexity index is 256. The van der Waals surface area contributed by atoms with Crippen LogP contribution in [0.15, 0.2) is 0 Å². The Labute approximate surface area is 84.5 Å². The van der Waals surface area contributed by atoms with Crippen LogP contribution >= 0.6 is 0 Å². The molecule has 1 radical (unpaired) electrons. The van der Waals surface area contributed by atoms with Gasteiger partial charge in [-0.3, -0.25) is 14.5 Å². The van der Waals surface area contributed by atoms with Gasteiger partial charge in [0, 0.05) is 12.3 Å². The van der Waals surface area contributed by atoms with Crippen molar-refractivity contribution in [3.05, 3.63) is 6.04 Å². The molecule has 0 aromatic carbocycles. The number of amides is 2. The summed E-state index contributed by atoms with van der Waals surface area (Å²) in [5, 5.41) is 0. The Morgan fingerprint density at radius 2 is 1.79 bits per heavy atom. The summed E-state index contributed by atoms with van der Waals surface area (Å²) >= 11 is 0. The molecular formula is C11H16NO2. The van der Waals surface area contributed by atoms with E-state index in [1.165, 1.54) is 11.3 Å². The van der Waals surface area contributed by atoms with Gasteiger partial charge < -0.3 is 0 Å². The maximum absolute atomic E-state index is 11.7. The summed E-state index contributed by atoms with van der Waals surface area (Å²) in [6, 6.07) is 1.07. The Kier molecular flexibility index (Phi) is 2.57. The molecule has 3 heteroatoms. The van der Waals surface area contributed by atoms with E-state index in [9.17, 15) is 9.59 Å². The SMILES string of the molecule is CC1CC(=O)N([C]2CCCCC2)C1=O. The fourth-order valence-corrected chi connectivity index (χ4v) is 2.30. The third-order valence-corrected chi connectivity index (χ3v) is 3.12. The number of hydrogen-bond acceptors (Lipinski definition) is 2. The summed E-state index contributed by atoms with van der Waals surface area (Å²) < 4.78 is 0. The average Bonchev–Trinajstić information content (AvgIpc) is 2.43. The van der Waals surface area contributed by atoms with Crippen LogP contribution < -0.4 is 0 Å². The topological polar surface area (TPSA) is 37.4 Å². The molecule has 2 fully saturated rings. The maximum Gasteiger partial charge on any atom is 0.233 e. The zero-order valence-corrected chi connectivity index (χ0v) is 8.58. The molecule has 1 aliphatic heterocycles. The van der Waals surface area contributed by atoms with Gasteiger partial charge >= 0.3 is 0 Å². The largest absolute Gasteiger partial charge is 0.274 e. The maximum atomic E-state index is 11.7. The Hall–Kier alpha value is -0.860. The molecule has 0 aromatic heterocycles. The highest BCUT2D eigenvalue weighted by Crippen LogP contribution is 2.34. The Morgan fingerprint density at radius 3 is 2.29 bits per heavy atom. The highest BCUT2D eigenvalue weighted by Gasteiger charge is 2.40. The number of carbonyl (C=O) groups is 2. The van der Waals surface area contributed by atoms with Crippen molar-refractivity contribution in [1.29, 1.82) is 0 Å². The molecule has 2 aliphatic rings. The van der Waals surface area contributed by atoms with E-state index in [4.69, 9.17) is 0 Å². The number of hydrogen-bond donors (Lipinski definition) is 0. The summed E-state index contributed by atoms with van der Waals surface area (Å²) in [4.78, 5) is 24.7. The van der Waals surface area contributed by atoms with Gasteiger partial charge in [-0.15, -0.1) is 0 Å². The molecule has 1 saturated heterocycles. The lowest BCUT2D eigenvalue weighted by Gasteiger charge is -2.28. The van der Waals surface area contributed by atoms with Crippen LogP contribution in [-0.2, 0) is 9.59 Å². The smallest absolute Gasteiger partial charge is 0.233 e. The van der Waals surface area contributed by atoms with Gasteiger partial charge in [-0.25, -0.2) is 0 Å². The molecule has 1 saturated carbocycles. The predicted octanol–water partition coefficient (Wildman–Crippen LogP) is 1.88. The third kappa shape index (κ3) is 1.56. The van der Waals surface area contributed by atoms with Gasteiger partial charge in [0.1, 0.15) is 0 Å². The minimum Gasteiger partial charge on any atom is -0.274 e. The van der Waals surface area contributed by atoms with E-state index in [-0.39, 0.29) is 17.7 Å². The third-order valence-electron chi connectivity index (χ3n) is 3.12. The zero-order chi connectivity index (χ0) is 10.1. The summed E-state index contributed by atoms with van der Waals surface area (Å²) in [5.41, 5.74) is 0. The molecule has 2 amide bonds. The first-order valence-electron chi connectivity index (χ1n) is 5.41. The van der Waals surface area contributed by atoms with E-state index in [1.54, 1.807) is 0 Å². The first-order valence-corrected chi connectivity index (χ1v) is 5.41. The fraction of sp³-hybridized carbons (Fsp3) is 0.727. The Balaban J connectivity index is 2.08. The quantitative estimate of drug-likeness (QED) is 0.598. The van der Waals surface area contributed by atoms with Gasteiger partial charge in [0.25, 0.3) is 0 Å². The van der Waals surface area contributed by atoms with Gasteiger partial charge in [0.2, 0.25) is 11.8 Å². The molecule has 2 rings (SSSR count). The van der Waals surface area contributed by atoms with E-state index >= 15 is 0 Å². The Morgan fingerprint density at radius 1 is 1.14 bits per heavy atom. The molecule has 1 atom stereocenters. The number of nitrogens with zero attached hydrogens (tertiary/aromatic N) is 1.